The fourth-order valence-electron chi connectivity index (χ4n) is 4.13. The number of aromatic nitrogens is 2. The van der Waals surface area contributed by atoms with Gasteiger partial charge in [-0.3, -0.25) is 9.47 Å². The van der Waals surface area contributed by atoms with Crippen LogP contribution in [0.5, 0.6) is 5.88 Å². The quantitative estimate of drug-likeness (QED) is 0.435. The molecule has 2 heterocycles. The van der Waals surface area contributed by atoms with Crippen LogP contribution in [0, 0.1) is 0 Å². The summed E-state index contributed by atoms with van der Waals surface area (Å²) >= 11 is 0. The van der Waals surface area contributed by atoms with Crippen molar-refractivity contribution in [3.8, 4) is 5.88 Å². The van der Waals surface area contributed by atoms with Gasteiger partial charge < -0.3 is 20.2 Å². The lowest BCUT2D eigenvalue weighted by Crippen LogP contribution is -2.49. The molecule has 0 unspecified atom stereocenters. The van der Waals surface area contributed by atoms with Gasteiger partial charge in [0.25, 0.3) is 0 Å². The van der Waals surface area contributed by atoms with Gasteiger partial charge in [0.2, 0.25) is 5.88 Å². The average molecular weight is 480 g/mol. The topological polar surface area (TPSA) is 92.0 Å². The number of amides is 1. The largest absolute Gasteiger partial charge is 0.493 e. The highest BCUT2D eigenvalue weighted by Crippen LogP contribution is 2.10. The Hall–Kier alpha value is -3.72. The first-order valence-corrected chi connectivity index (χ1v) is 12.1. The molecule has 1 fully saturated rings. The molecule has 0 bridgehead atoms. The van der Waals surface area contributed by atoms with Gasteiger partial charge in [-0.25, -0.2) is 14.3 Å². The van der Waals surface area contributed by atoms with E-state index >= 15 is 0 Å². The monoisotopic (exact) mass is 479 g/mol. The highest BCUT2D eigenvalue weighted by molar-refractivity contribution is 5.67. The molecule has 2 aromatic carbocycles. The van der Waals surface area contributed by atoms with E-state index in [1.54, 1.807) is 4.90 Å². The van der Waals surface area contributed by atoms with Crippen molar-refractivity contribution in [2.75, 3.05) is 38.1 Å². The van der Waals surface area contributed by atoms with Gasteiger partial charge in [0, 0.05) is 32.7 Å². The van der Waals surface area contributed by atoms with Crippen LogP contribution in [-0.4, -0.2) is 63.0 Å². The van der Waals surface area contributed by atoms with E-state index in [2.05, 4.69) is 10.3 Å². The first kappa shape index (κ1) is 24.4. The Morgan fingerprint density at radius 2 is 1.51 bits per heavy atom. The summed E-state index contributed by atoms with van der Waals surface area (Å²) < 4.78 is 8.14. The van der Waals surface area contributed by atoms with Crippen molar-refractivity contribution in [2.24, 2.45) is 0 Å². The summed E-state index contributed by atoms with van der Waals surface area (Å²) in [6.07, 6.45) is 2.82. The maximum Gasteiger partial charge on any atom is 0.410 e. The van der Waals surface area contributed by atoms with Crippen LogP contribution in [0.4, 0.5) is 4.79 Å². The lowest BCUT2D eigenvalue weighted by molar-refractivity contribution is 0.0712. The second-order valence-electron chi connectivity index (χ2n) is 8.69. The van der Waals surface area contributed by atoms with E-state index in [4.69, 9.17) is 4.74 Å². The summed E-state index contributed by atoms with van der Waals surface area (Å²) in [7, 11) is 0. The number of carbonyl (C=O) groups is 1. The first-order chi connectivity index (χ1) is 17.1. The fraction of sp³-hybridized carbons (Fsp3) is 0.385. The van der Waals surface area contributed by atoms with Gasteiger partial charge in [0.05, 0.1) is 12.7 Å². The molecule has 9 heteroatoms. The normalized spacial score (nSPS) is 14.1. The molecule has 1 aliphatic rings. The molecule has 0 saturated carbocycles. The minimum atomic E-state index is -0.277. The summed E-state index contributed by atoms with van der Waals surface area (Å²) in [6.45, 7) is 5.00. The molecule has 0 atom stereocenters. The Labute approximate surface area is 205 Å². The van der Waals surface area contributed by atoms with Gasteiger partial charge in [-0.2, -0.15) is 0 Å². The molecule has 1 saturated heterocycles. The smallest absolute Gasteiger partial charge is 0.410 e. The van der Waals surface area contributed by atoms with Crippen molar-refractivity contribution in [2.45, 2.75) is 32.5 Å². The SMILES string of the molecule is O=C(OCc1ccccc1)N1CCN(CCCCn2c(O)cn(NCc3ccccc3)c2=O)CC1. The summed E-state index contributed by atoms with van der Waals surface area (Å²) in [5.41, 5.74) is 4.79. The maximum atomic E-state index is 12.6. The van der Waals surface area contributed by atoms with Gasteiger partial charge in [0.1, 0.15) is 6.61 Å². The van der Waals surface area contributed by atoms with Crippen molar-refractivity contribution < 1.29 is 14.6 Å². The van der Waals surface area contributed by atoms with Gasteiger partial charge in [-0.15, -0.1) is 0 Å². The lowest BCUT2D eigenvalue weighted by Gasteiger charge is -2.34. The van der Waals surface area contributed by atoms with Crippen LogP contribution in [0.15, 0.2) is 71.7 Å². The Morgan fingerprint density at radius 1 is 0.886 bits per heavy atom. The zero-order chi connectivity index (χ0) is 24.5. The van der Waals surface area contributed by atoms with Gasteiger partial charge >= 0.3 is 11.8 Å². The number of benzene rings is 2. The molecule has 35 heavy (non-hydrogen) atoms. The van der Waals surface area contributed by atoms with E-state index < -0.39 is 0 Å². The number of hydrogen-bond donors (Lipinski definition) is 2. The molecule has 186 valence electrons. The number of piperazine rings is 1. The van der Waals surface area contributed by atoms with Crippen LogP contribution in [0.2, 0.25) is 0 Å². The van der Waals surface area contributed by atoms with Crippen LogP contribution in [0.25, 0.3) is 0 Å². The summed E-state index contributed by atoms with van der Waals surface area (Å²) in [4.78, 5) is 29.0. The number of unbranched alkanes of at least 4 members (excludes halogenated alkanes) is 1. The highest BCUT2D eigenvalue weighted by atomic mass is 16.6. The molecular weight excluding hydrogens is 446 g/mol. The fourth-order valence-corrected chi connectivity index (χ4v) is 4.13. The number of ether oxygens (including phenoxy) is 1. The van der Waals surface area contributed by atoms with Crippen LogP contribution in [-0.2, 0) is 24.4 Å². The third-order valence-electron chi connectivity index (χ3n) is 6.20. The molecule has 9 nitrogen and oxygen atoms in total. The van der Waals surface area contributed by atoms with Crippen LogP contribution < -0.4 is 11.1 Å². The second kappa shape index (κ2) is 12.1. The molecule has 0 spiro atoms. The summed E-state index contributed by atoms with van der Waals surface area (Å²) in [6, 6.07) is 19.5. The van der Waals surface area contributed by atoms with E-state index in [1.807, 2.05) is 60.7 Å². The first-order valence-electron chi connectivity index (χ1n) is 12.1. The van der Waals surface area contributed by atoms with E-state index in [0.29, 0.717) is 26.2 Å². The second-order valence-corrected chi connectivity index (χ2v) is 8.69. The van der Waals surface area contributed by atoms with Crippen molar-refractivity contribution >= 4 is 6.09 Å². The Morgan fingerprint density at radius 3 is 2.20 bits per heavy atom. The third-order valence-corrected chi connectivity index (χ3v) is 6.20. The van der Waals surface area contributed by atoms with Crippen molar-refractivity contribution in [3.05, 3.63) is 88.5 Å². The van der Waals surface area contributed by atoms with E-state index in [-0.39, 0.29) is 24.3 Å². The molecule has 3 aromatic rings. The molecule has 2 N–H and O–H groups in total. The Balaban J connectivity index is 1.14. The minimum absolute atomic E-state index is 0.0433. The lowest BCUT2D eigenvalue weighted by atomic mass is 10.2. The summed E-state index contributed by atoms with van der Waals surface area (Å²) in [5.74, 6) is -0.0433. The summed E-state index contributed by atoms with van der Waals surface area (Å²) in [5, 5.41) is 10.2. The van der Waals surface area contributed by atoms with E-state index in [1.165, 1.54) is 15.4 Å². The third kappa shape index (κ3) is 6.89. The number of carbonyl (C=O) groups excluding carboxylic acids is 1. The number of nitrogens with zero attached hydrogens (tertiary/aromatic N) is 4. The standard InChI is InChI=1S/C26H33N5O4/c32-24-20-31(27-19-22-9-3-1-4-10-22)25(33)30(24)14-8-7-13-28-15-17-29(18-16-28)26(34)35-21-23-11-5-2-6-12-23/h1-6,9-12,20,27,32H,7-8,13-19,21H2. The molecule has 4 rings (SSSR count). The minimum Gasteiger partial charge on any atom is -0.493 e. The van der Waals surface area contributed by atoms with Crippen molar-refractivity contribution in [1.29, 1.82) is 0 Å². The molecule has 1 aromatic heterocycles. The molecular formula is C26H33N5O4. The zero-order valence-electron chi connectivity index (χ0n) is 19.9. The van der Waals surface area contributed by atoms with Crippen molar-refractivity contribution in [1.82, 2.24) is 19.0 Å². The van der Waals surface area contributed by atoms with E-state index in [9.17, 15) is 14.7 Å². The van der Waals surface area contributed by atoms with Gasteiger partial charge in [-0.1, -0.05) is 60.7 Å². The van der Waals surface area contributed by atoms with Crippen LogP contribution in [0.3, 0.4) is 0 Å². The highest BCUT2D eigenvalue weighted by Gasteiger charge is 2.22. The van der Waals surface area contributed by atoms with Gasteiger partial charge in [-0.05, 0) is 30.5 Å². The predicted molar refractivity (Wildman–Crippen MR) is 134 cm³/mol. The maximum absolute atomic E-state index is 12.6. The number of aromatic hydroxyl groups is 1. The zero-order valence-corrected chi connectivity index (χ0v) is 19.9. The Kier molecular flexibility index (Phi) is 8.45. The molecule has 1 aliphatic heterocycles. The van der Waals surface area contributed by atoms with Gasteiger partial charge in [0.15, 0.2) is 0 Å². The molecule has 1 amide bonds. The van der Waals surface area contributed by atoms with Crippen LogP contribution in [0.1, 0.15) is 24.0 Å². The number of rotatable bonds is 10. The number of nitrogens with one attached hydrogen (secondary N) is 1. The number of imidazole rings is 1. The van der Waals surface area contributed by atoms with Crippen LogP contribution >= 0.6 is 0 Å². The average Bonchev–Trinajstić information content (AvgIpc) is 3.17. The Bertz CT molecular complexity index is 1120. The predicted octanol–water partition coefficient (Wildman–Crippen LogP) is 2.83. The molecule has 0 radical (unpaired) electrons. The number of hydrogen-bond acceptors (Lipinski definition) is 6. The molecule has 0 aliphatic carbocycles. The van der Waals surface area contributed by atoms with Crippen molar-refractivity contribution in [3.63, 3.8) is 0 Å². The van der Waals surface area contributed by atoms with E-state index in [0.717, 1.165) is 43.6 Å².